The molecule has 1 atom stereocenters. The second-order valence-electron chi connectivity index (χ2n) is 5.16. The minimum atomic E-state index is -0.951. The molecule has 0 aliphatic carbocycles. The highest BCUT2D eigenvalue weighted by Crippen LogP contribution is 2.32. The molecule has 0 saturated heterocycles. The number of methoxy groups -OCH3 is 1. The van der Waals surface area contributed by atoms with Crippen molar-refractivity contribution in [1.29, 1.82) is 0 Å². The topological polar surface area (TPSA) is 76.7 Å². The number of nitrogens with one attached hydrogen (secondary N) is 1. The molecule has 5 nitrogen and oxygen atoms in total. The second-order valence-corrected chi connectivity index (χ2v) is 5.16. The number of para-hydroxylation sites is 1. The van der Waals surface area contributed by atoms with Gasteiger partial charge >= 0.3 is 0 Å². The van der Waals surface area contributed by atoms with Gasteiger partial charge in [0.2, 0.25) is 0 Å². The first-order valence-electron chi connectivity index (χ1n) is 6.99. The first-order chi connectivity index (χ1) is 10.6. The molecule has 22 heavy (non-hydrogen) atoms. The molecule has 1 aliphatic rings. The van der Waals surface area contributed by atoms with Crippen LogP contribution in [0.3, 0.4) is 0 Å². The molecule has 2 aromatic rings. The van der Waals surface area contributed by atoms with Gasteiger partial charge in [-0.3, -0.25) is 9.79 Å². The van der Waals surface area contributed by atoms with Gasteiger partial charge in [0, 0.05) is 11.1 Å². The number of aliphatic imine (C=N–C) groups is 1. The zero-order valence-electron chi connectivity index (χ0n) is 12.5. The normalized spacial score (nSPS) is 17.1. The average Bonchev–Trinajstić information content (AvgIpc) is 2.64. The van der Waals surface area contributed by atoms with Crippen molar-refractivity contribution in [2.45, 2.75) is 13.1 Å². The molecule has 112 valence electrons. The van der Waals surface area contributed by atoms with Crippen molar-refractivity contribution >= 4 is 17.3 Å². The number of aryl methyl sites for hydroxylation is 1. The predicted molar refractivity (Wildman–Crippen MR) is 86.4 cm³/mol. The van der Waals surface area contributed by atoms with Crippen LogP contribution in [0, 0.1) is 6.92 Å². The molecule has 1 unspecified atom stereocenters. The minimum absolute atomic E-state index is 0.353. The standard InChI is InChI=1S/C17H17N3O2/c1-10-5-3-6-11(9-10)14-12-7-4-8-13(22-2)15(12)20-17(21)16(18)19-14/h3-9,16H,18H2,1-2H3,(H,20,21). The number of hydrogen-bond acceptors (Lipinski definition) is 4. The average molecular weight is 295 g/mol. The van der Waals surface area contributed by atoms with Gasteiger partial charge in [-0.05, 0) is 19.1 Å². The lowest BCUT2D eigenvalue weighted by atomic mass is 9.99. The van der Waals surface area contributed by atoms with Gasteiger partial charge in [0.25, 0.3) is 5.91 Å². The van der Waals surface area contributed by atoms with Crippen molar-refractivity contribution in [3.8, 4) is 5.75 Å². The Balaban J connectivity index is 2.25. The van der Waals surface area contributed by atoms with E-state index in [1.54, 1.807) is 13.2 Å². The Morgan fingerprint density at radius 1 is 1.23 bits per heavy atom. The van der Waals surface area contributed by atoms with E-state index >= 15 is 0 Å². The highest BCUT2D eigenvalue weighted by atomic mass is 16.5. The van der Waals surface area contributed by atoms with Crippen LogP contribution in [0.15, 0.2) is 47.5 Å². The Labute approximate surface area is 128 Å². The molecular weight excluding hydrogens is 278 g/mol. The smallest absolute Gasteiger partial charge is 0.263 e. The number of carbonyl (C=O) groups excluding carboxylic acids is 1. The van der Waals surface area contributed by atoms with Crippen molar-refractivity contribution in [3.63, 3.8) is 0 Å². The van der Waals surface area contributed by atoms with E-state index in [1.807, 2.05) is 43.3 Å². The molecule has 0 spiro atoms. The lowest BCUT2D eigenvalue weighted by molar-refractivity contribution is -0.117. The summed E-state index contributed by atoms with van der Waals surface area (Å²) in [6, 6.07) is 13.5. The van der Waals surface area contributed by atoms with Gasteiger partial charge in [-0.2, -0.15) is 0 Å². The summed E-state index contributed by atoms with van der Waals surface area (Å²) in [4.78, 5) is 16.5. The minimum Gasteiger partial charge on any atom is -0.495 e. The van der Waals surface area contributed by atoms with Crippen molar-refractivity contribution in [2.75, 3.05) is 12.4 Å². The Bertz CT molecular complexity index is 768. The molecule has 0 radical (unpaired) electrons. The quantitative estimate of drug-likeness (QED) is 0.890. The lowest BCUT2D eigenvalue weighted by Gasteiger charge is -2.13. The Morgan fingerprint density at radius 2 is 2.00 bits per heavy atom. The molecule has 0 aromatic heterocycles. The van der Waals surface area contributed by atoms with Crippen LogP contribution in [-0.4, -0.2) is 24.9 Å². The van der Waals surface area contributed by atoms with Crippen LogP contribution in [0.5, 0.6) is 5.75 Å². The zero-order chi connectivity index (χ0) is 15.7. The van der Waals surface area contributed by atoms with E-state index in [2.05, 4.69) is 10.3 Å². The van der Waals surface area contributed by atoms with Crippen molar-refractivity contribution in [1.82, 2.24) is 0 Å². The fraction of sp³-hybridized carbons (Fsp3) is 0.176. The molecule has 0 saturated carbocycles. The lowest BCUT2D eigenvalue weighted by Crippen LogP contribution is -2.33. The number of fused-ring (bicyclic) bond motifs is 1. The fourth-order valence-electron chi connectivity index (χ4n) is 2.51. The van der Waals surface area contributed by atoms with Crippen LogP contribution >= 0.6 is 0 Å². The zero-order valence-corrected chi connectivity index (χ0v) is 12.5. The Kier molecular flexibility index (Phi) is 3.65. The van der Waals surface area contributed by atoms with E-state index in [9.17, 15) is 4.79 Å². The maximum absolute atomic E-state index is 12.1. The monoisotopic (exact) mass is 295 g/mol. The first kappa shape index (κ1) is 14.3. The Morgan fingerprint density at radius 3 is 2.73 bits per heavy atom. The SMILES string of the molecule is COc1cccc2c1NC(=O)C(N)N=C2c1cccc(C)c1. The molecule has 0 fully saturated rings. The van der Waals surface area contributed by atoms with Crippen molar-refractivity contribution in [3.05, 3.63) is 59.2 Å². The maximum atomic E-state index is 12.1. The van der Waals surface area contributed by atoms with Gasteiger partial charge in [0.05, 0.1) is 18.5 Å². The molecule has 0 bridgehead atoms. The third-order valence-corrected chi connectivity index (χ3v) is 3.58. The van der Waals surface area contributed by atoms with Crippen LogP contribution in [-0.2, 0) is 4.79 Å². The maximum Gasteiger partial charge on any atom is 0.263 e. The molecule has 1 aliphatic heterocycles. The summed E-state index contributed by atoms with van der Waals surface area (Å²) in [5, 5.41) is 2.80. The van der Waals surface area contributed by atoms with Gasteiger partial charge in [-0.25, -0.2) is 0 Å². The number of benzodiazepines with no additional fused rings is 1. The first-order valence-corrected chi connectivity index (χ1v) is 6.99. The number of benzene rings is 2. The van der Waals surface area contributed by atoms with Crippen LogP contribution in [0.2, 0.25) is 0 Å². The van der Waals surface area contributed by atoms with E-state index in [1.165, 1.54) is 0 Å². The van der Waals surface area contributed by atoms with E-state index < -0.39 is 6.17 Å². The molecule has 3 N–H and O–H groups in total. The summed E-state index contributed by atoms with van der Waals surface area (Å²) < 4.78 is 5.35. The number of nitrogens with zero attached hydrogens (tertiary/aromatic N) is 1. The molecule has 3 rings (SSSR count). The van der Waals surface area contributed by atoms with E-state index in [0.29, 0.717) is 17.1 Å². The second kappa shape index (κ2) is 5.61. The fourth-order valence-corrected chi connectivity index (χ4v) is 2.51. The van der Waals surface area contributed by atoms with Crippen LogP contribution in [0.4, 0.5) is 5.69 Å². The summed E-state index contributed by atoms with van der Waals surface area (Å²) >= 11 is 0. The van der Waals surface area contributed by atoms with Gasteiger partial charge in [-0.1, -0.05) is 35.9 Å². The summed E-state index contributed by atoms with van der Waals surface area (Å²) in [6.45, 7) is 2.01. The molecular formula is C17H17N3O2. The molecule has 2 aromatic carbocycles. The number of amides is 1. The van der Waals surface area contributed by atoms with Crippen molar-refractivity contribution < 1.29 is 9.53 Å². The summed E-state index contributed by atoms with van der Waals surface area (Å²) in [5.74, 6) is 0.230. The largest absolute Gasteiger partial charge is 0.495 e. The number of anilines is 1. The van der Waals surface area contributed by atoms with Crippen LogP contribution in [0.25, 0.3) is 0 Å². The highest BCUT2D eigenvalue weighted by molar-refractivity contribution is 6.20. The number of carbonyl (C=O) groups is 1. The number of rotatable bonds is 2. The summed E-state index contributed by atoms with van der Waals surface area (Å²) in [7, 11) is 1.57. The highest BCUT2D eigenvalue weighted by Gasteiger charge is 2.25. The summed E-state index contributed by atoms with van der Waals surface area (Å²) in [6.07, 6.45) is -0.951. The van der Waals surface area contributed by atoms with E-state index in [4.69, 9.17) is 10.5 Å². The molecule has 5 heteroatoms. The number of ether oxygens (including phenoxy) is 1. The predicted octanol–water partition coefficient (Wildman–Crippen LogP) is 2.08. The van der Waals surface area contributed by atoms with E-state index in [0.717, 1.165) is 16.7 Å². The van der Waals surface area contributed by atoms with Gasteiger partial charge in [-0.15, -0.1) is 0 Å². The van der Waals surface area contributed by atoms with E-state index in [-0.39, 0.29) is 5.91 Å². The summed E-state index contributed by atoms with van der Waals surface area (Å²) in [5.41, 5.74) is 9.99. The number of hydrogen-bond donors (Lipinski definition) is 2. The van der Waals surface area contributed by atoms with Crippen LogP contribution < -0.4 is 15.8 Å². The Hall–Kier alpha value is -2.66. The van der Waals surface area contributed by atoms with Gasteiger partial charge in [0.1, 0.15) is 5.75 Å². The van der Waals surface area contributed by atoms with Gasteiger partial charge < -0.3 is 15.8 Å². The third kappa shape index (κ3) is 2.46. The van der Waals surface area contributed by atoms with Crippen molar-refractivity contribution in [2.24, 2.45) is 10.7 Å². The molecule has 1 amide bonds. The molecule has 1 heterocycles. The van der Waals surface area contributed by atoms with Gasteiger partial charge in [0.15, 0.2) is 6.17 Å². The van der Waals surface area contributed by atoms with Crippen LogP contribution in [0.1, 0.15) is 16.7 Å². The number of nitrogens with two attached hydrogens (primary N) is 1. The third-order valence-electron chi connectivity index (χ3n) is 3.58.